The number of amides is 1. The van der Waals surface area contributed by atoms with Crippen LogP contribution in [0.25, 0.3) is 22.6 Å². The number of methoxy groups -OCH3 is 1. The van der Waals surface area contributed by atoms with E-state index >= 15 is 0 Å². The third-order valence-electron chi connectivity index (χ3n) is 4.76. The molecule has 1 aromatic heterocycles. The van der Waals surface area contributed by atoms with Gasteiger partial charge in [-0.25, -0.2) is 4.98 Å². The first-order chi connectivity index (χ1) is 13.0. The summed E-state index contributed by atoms with van der Waals surface area (Å²) in [6.07, 6.45) is 0.151. The molecule has 0 bridgehead atoms. The number of aryl methyl sites for hydroxylation is 1. The van der Waals surface area contributed by atoms with Crippen LogP contribution in [0.1, 0.15) is 12.0 Å². The minimum Gasteiger partial charge on any atom is -0.469 e. The first-order valence-corrected chi connectivity index (χ1v) is 8.89. The molecule has 1 fully saturated rings. The fourth-order valence-electron chi connectivity index (χ4n) is 3.32. The Morgan fingerprint density at radius 1 is 1.30 bits per heavy atom. The molecule has 4 rings (SSSR count). The van der Waals surface area contributed by atoms with E-state index in [-0.39, 0.29) is 18.3 Å². The molecule has 7 heteroatoms. The maximum absolute atomic E-state index is 12.4. The van der Waals surface area contributed by atoms with Crippen molar-refractivity contribution in [1.29, 1.82) is 0 Å². The van der Waals surface area contributed by atoms with Crippen LogP contribution in [-0.2, 0) is 14.3 Å². The van der Waals surface area contributed by atoms with Gasteiger partial charge in [-0.1, -0.05) is 17.7 Å². The van der Waals surface area contributed by atoms with Crippen LogP contribution in [0.3, 0.4) is 0 Å². The van der Waals surface area contributed by atoms with Crippen LogP contribution in [0.2, 0.25) is 5.02 Å². The van der Waals surface area contributed by atoms with Gasteiger partial charge in [0, 0.05) is 29.2 Å². The number of aromatic nitrogens is 1. The van der Waals surface area contributed by atoms with E-state index in [1.807, 2.05) is 25.1 Å². The molecule has 0 spiro atoms. The van der Waals surface area contributed by atoms with Crippen molar-refractivity contribution in [2.24, 2.45) is 5.92 Å². The lowest BCUT2D eigenvalue weighted by molar-refractivity contribution is -0.145. The molecule has 3 aromatic rings. The Kier molecular flexibility index (Phi) is 4.36. The summed E-state index contributed by atoms with van der Waals surface area (Å²) in [5.41, 5.74) is 3.72. The van der Waals surface area contributed by atoms with E-state index in [2.05, 4.69) is 4.98 Å². The number of halogens is 1. The van der Waals surface area contributed by atoms with Crippen LogP contribution in [-0.4, -0.2) is 30.5 Å². The number of benzene rings is 2. The highest BCUT2D eigenvalue weighted by atomic mass is 35.5. The molecule has 1 aliphatic rings. The summed E-state index contributed by atoms with van der Waals surface area (Å²) in [5.74, 6) is -0.466. The van der Waals surface area contributed by atoms with Crippen molar-refractivity contribution in [2.45, 2.75) is 13.3 Å². The van der Waals surface area contributed by atoms with E-state index in [4.69, 9.17) is 20.8 Å². The molecular formula is C20H17ClN2O4. The van der Waals surface area contributed by atoms with Gasteiger partial charge < -0.3 is 14.1 Å². The van der Waals surface area contributed by atoms with Gasteiger partial charge in [-0.05, 0) is 42.8 Å². The predicted octanol–water partition coefficient (Wildman–Crippen LogP) is 3.98. The molecule has 1 atom stereocenters. The molecule has 2 heterocycles. The van der Waals surface area contributed by atoms with Gasteiger partial charge >= 0.3 is 5.97 Å². The summed E-state index contributed by atoms with van der Waals surface area (Å²) in [7, 11) is 1.33. The third kappa shape index (κ3) is 3.17. The number of ether oxygens (including phenoxy) is 1. The standard InChI is InChI=1S/C20H17ClN2O4/c1-11-3-4-12(19-22-15-9-14(21)5-6-17(15)27-19)7-16(11)23-10-13(8-18(23)24)20(25)26-2/h3-7,9,13H,8,10H2,1-2H3/t13-/m0/s1. The predicted molar refractivity (Wildman–Crippen MR) is 102 cm³/mol. The number of hydrogen-bond acceptors (Lipinski definition) is 5. The summed E-state index contributed by atoms with van der Waals surface area (Å²) in [4.78, 5) is 30.4. The zero-order valence-electron chi connectivity index (χ0n) is 14.9. The van der Waals surface area contributed by atoms with E-state index in [1.54, 1.807) is 23.1 Å². The molecule has 0 saturated carbocycles. The first kappa shape index (κ1) is 17.5. The molecule has 6 nitrogen and oxygen atoms in total. The highest BCUT2D eigenvalue weighted by Crippen LogP contribution is 2.33. The number of oxazole rings is 1. The Balaban J connectivity index is 1.71. The topological polar surface area (TPSA) is 72.6 Å². The molecule has 138 valence electrons. The van der Waals surface area contributed by atoms with E-state index in [0.717, 1.165) is 16.8 Å². The lowest BCUT2D eigenvalue weighted by atomic mass is 10.1. The Hall–Kier alpha value is -2.86. The molecule has 0 N–H and O–H groups in total. The summed E-state index contributed by atoms with van der Waals surface area (Å²) >= 11 is 6.01. The van der Waals surface area contributed by atoms with Crippen LogP contribution < -0.4 is 4.90 Å². The van der Waals surface area contributed by atoms with Crippen LogP contribution in [0, 0.1) is 12.8 Å². The van der Waals surface area contributed by atoms with Crippen molar-refractivity contribution in [1.82, 2.24) is 4.98 Å². The van der Waals surface area contributed by atoms with Crippen LogP contribution >= 0.6 is 11.6 Å². The fraction of sp³-hybridized carbons (Fsp3) is 0.250. The molecule has 1 amide bonds. The van der Waals surface area contributed by atoms with E-state index in [0.29, 0.717) is 28.6 Å². The van der Waals surface area contributed by atoms with Gasteiger partial charge in [-0.15, -0.1) is 0 Å². The van der Waals surface area contributed by atoms with Crippen molar-refractivity contribution < 1.29 is 18.7 Å². The molecule has 0 radical (unpaired) electrons. The highest BCUT2D eigenvalue weighted by Gasteiger charge is 2.36. The number of fused-ring (bicyclic) bond motifs is 1. The molecule has 1 aliphatic heterocycles. The number of hydrogen-bond donors (Lipinski definition) is 0. The minimum atomic E-state index is -0.447. The Morgan fingerprint density at radius 2 is 2.11 bits per heavy atom. The normalized spacial score (nSPS) is 16.9. The van der Waals surface area contributed by atoms with Gasteiger partial charge in [0.05, 0.1) is 13.0 Å². The lowest BCUT2D eigenvalue weighted by Crippen LogP contribution is -2.26. The zero-order valence-corrected chi connectivity index (χ0v) is 15.6. The number of rotatable bonds is 3. The third-order valence-corrected chi connectivity index (χ3v) is 4.99. The molecule has 27 heavy (non-hydrogen) atoms. The molecule has 1 saturated heterocycles. The van der Waals surface area contributed by atoms with Crippen LogP contribution in [0.15, 0.2) is 40.8 Å². The quantitative estimate of drug-likeness (QED) is 0.638. The summed E-state index contributed by atoms with van der Waals surface area (Å²) in [5, 5.41) is 0.587. The Labute approximate surface area is 160 Å². The molecule has 2 aromatic carbocycles. The van der Waals surface area contributed by atoms with Gasteiger partial charge in [-0.3, -0.25) is 9.59 Å². The monoisotopic (exact) mass is 384 g/mol. The summed E-state index contributed by atoms with van der Waals surface area (Å²) < 4.78 is 10.6. The smallest absolute Gasteiger partial charge is 0.311 e. The number of esters is 1. The average molecular weight is 385 g/mol. The highest BCUT2D eigenvalue weighted by molar-refractivity contribution is 6.31. The number of carbonyl (C=O) groups excluding carboxylic acids is 2. The number of carbonyl (C=O) groups is 2. The largest absolute Gasteiger partial charge is 0.469 e. The van der Waals surface area contributed by atoms with E-state index in [1.165, 1.54) is 7.11 Å². The van der Waals surface area contributed by atoms with E-state index < -0.39 is 5.92 Å². The van der Waals surface area contributed by atoms with Gasteiger partial charge in [0.1, 0.15) is 5.52 Å². The first-order valence-electron chi connectivity index (χ1n) is 8.51. The van der Waals surface area contributed by atoms with Gasteiger partial charge in [0.2, 0.25) is 11.8 Å². The number of nitrogens with zero attached hydrogens (tertiary/aromatic N) is 2. The van der Waals surface area contributed by atoms with Crippen LogP contribution in [0.5, 0.6) is 0 Å². The van der Waals surface area contributed by atoms with Crippen molar-refractivity contribution in [3.63, 3.8) is 0 Å². The van der Waals surface area contributed by atoms with E-state index in [9.17, 15) is 9.59 Å². The Bertz CT molecular complexity index is 1060. The summed E-state index contributed by atoms with van der Waals surface area (Å²) in [6.45, 7) is 2.22. The lowest BCUT2D eigenvalue weighted by Gasteiger charge is -2.19. The Morgan fingerprint density at radius 3 is 2.89 bits per heavy atom. The van der Waals surface area contributed by atoms with Gasteiger partial charge in [-0.2, -0.15) is 0 Å². The van der Waals surface area contributed by atoms with Crippen molar-refractivity contribution in [2.75, 3.05) is 18.6 Å². The molecular weight excluding hydrogens is 368 g/mol. The van der Waals surface area contributed by atoms with Gasteiger partial charge in [0.15, 0.2) is 5.58 Å². The van der Waals surface area contributed by atoms with Crippen LogP contribution in [0.4, 0.5) is 5.69 Å². The summed E-state index contributed by atoms with van der Waals surface area (Å²) in [6, 6.07) is 10.9. The molecule has 0 unspecified atom stereocenters. The van der Waals surface area contributed by atoms with Gasteiger partial charge in [0.25, 0.3) is 0 Å². The molecule has 0 aliphatic carbocycles. The van der Waals surface area contributed by atoms with Crippen molar-refractivity contribution in [3.05, 3.63) is 47.0 Å². The fourth-order valence-corrected chi connectivity index (χ4v) is 3.49. The second kappa shape index (κ2) is 6.70. The maximum atomic E-state index is 12.4. The zero-order chi connectivity index (χ0) is 19.1. The second-order valence-corrected chi connectivity index (χ2v) is 7.00. The minimum absolute atomic E-state index is 0.102. The van der Waals surface area contributed by atoms with Crippen molar-refractivity contribution in [3.8, 4) is 11.5 Å². The number of anilines is 1. The SMILES string of the molecule is COC(=O)[C@H]1CC(=O)N(c2cc(-c3nc4cc(Cl)ccc4o3)ccc2C)C1. The second-order valence-electron chi connectivity index (χ2n) is 6.56. The average Bonchev–Trinajstić information content (AvgIpc) is 3.24. The maximum Gasteiger partial charge on any atom is 0.311 e. The van der Waals surface area contributed by atoms with Crippen molar-refractivity contribution >= 4 is 40.3 Å².